The monoisotopic (exact) mass is 473 g/mol. The van der Waals surface area contributed by atoms with E-state index in [9.17, 15) is 23.5 Å². The van der Waals surface area contributed by atoms with Crippen LogP contribution >= 0.6 is 0 Å². The molecule has 2 aliphatic rings. The van der Waals surface area contributed by atoms with Gasteiger partial charge in [-0.15, -0.1) is 0 Å². The first kappa shape index (κ1) is 24.1. The predicted molar refractivity (Wildman–Crippen MR) is 122 cm³/mol. The fraction of sp³-hybridized carbons (Fsp3) is 0.480. The Balaban J connectivity index is 1.16. The molecule has 1 unspecified atom stereocenters. The standard InChI is InChI=1S/C25H29F2N3O4/c26-17-5-8-20(21(27)14-17)24(31)30-22(25(32)33)9-11-34-19-12-15(13-19)3-6-18-7-4-16-2-1-10-28-23(16)29-18/h4-5,7-8,14-15,19,22H,1-3,6,9-13H2,(H,28,29)(H,30,31)(H,32,33)/t15-,19-,22?. The Bertz CT molecular complexity index is 1040. The molecule has 1 aromatic heterocycles. The summed E-state index contributed by atoms with van der Waals surface area (Å²) in [4.78, 5) is 28.4. The number of hydrogen-bond acceptors (Lipinski definition) is 5. The molecule has 2 heterocycles. The van der Waals surface area contributed by atoms with Gasteiger partial charge in [-0.3, -0.25) is 4.79 Å². The molecule has 1 aromatic carbocycles. The van der Waals surface area contributed by atoms with Gasteiger partial charge in [0.15, 0.2) is 0 Å². The molecule has 0 radical (unpaired) electrons. The molecule has 0 bridgehead atoms. The summed E-state index contributed by atoms with van der Waals surface area (Å²) in [7, 11) is 0. The van der Waals surface area contributed by atoms with Gasteiger partial charge in [0.25, 0.3) is 5.91 Å². The molecule has 0 saturated heterocycles. The first-order valence-electron chi connectivity index (χ1n) is 11.7. The van der Waals surface area contributed by atoms with Crippen molar-refractivity contribution in [2.45, 2.75) is 57.1 Å². The van der Waals surface area contributed by atoms with Gasteiger partial charge in [0.2, 0.25) is 0 Å². The number of amides is 1. The van der Waals surface area contributed by atoms with Gasteiger partial charge in [0.1, 0.15) is 23.5 Å². The Morgan fingerprint density at radius 1 is 1.24 bits per heavy atom. The molecule has 34 heavy (non-hydrogen) atoms. The van der Waals surface area contributed by atoms with Crippen molar-refractivity contribution in [3.8, 4) is 0 Å². The number of aliphatic carboxylic acids is 1. The molecule has 1 amide bonds. The third-order valence-corrected chi connectivity index (χ3v) is 6.49. The van der Waals surface area contributed by atoms with Crippen LogP contribution in [0.25, 0.3) is 0 Å². The lowest BCUT2D eigenvalue weighted by atomic mass is 9.79. The van der Waals surface area contributed by atoms with E-state index in [4.69, 9.17) is 9.72 Å². The SMILES string of the molecule is O=C(NC(CCO[C@H]1C[C@H](CCc2ccc3c(n2)NCCC3)C1)C(=O)O)c1ccc(F)cc1F. The van der Waals surface area contributed by atoms with Gasteiger partial charge in [0.05, 0.1) is 11.7 Å². The number of aromatic nitrogens is 1. The molecule has 1 atom stereocenters. The molecular formula is C25H29F2N3O4. The van der Waals surface area contributed by atoms with Gasteiger partial charge in [-0.25, -0.2) is 18.6 Å². The second-order valence-electron chi connectivity index (χ2n) is 8.99. The first-order valence-corrected chi connectivity index (χ1v) is 11.7. The molecule has 9 heteroatoms. The number of pyridine rings is 1. The van der Waals surface area contributed by atoms with E-state index in [1.165, 1.54) is 5.56 Å². The number of aryl methyl sites for hydroxylation is 2. The van der Waals surface area contributed by atoms with Crippen molar-refractivity contribution in [2.24, 2.45) is 5.92 Å². The van der Waals surface area contributed by atoms with Crippen molar-refractivity contribution in [3.63, 3.8) is 0 Å². The van der Waals surface area contributed by atoms with Crippen LogP contribution in [0.3, 0.4) is 0 Å². The lowest BCUT2D eigenvalue weighted by Crippen LogP contribution is -2.42. The van der Waals surface area contributed by atoms with E-state index in [1.54, 1.807) is 0 Å². The number of carboxylic acids is 1. The second kappa shape index (κ2) is 10.9. The smallest absolute Gasteiger partial charge is 0.326 e. The van der Waals surface area contributed by atoms with Gasteiger partial charge in [-0.2, -0.15) is 0 Å². The van der Waals surface area contributed by atoms with Crippen LogP contribution in [-0.2, 0) is 22.4 Å². The van der Waals surface area contributed by atoms with Crippen LogP contribution in [0.15, 0.2) is 30.3 Å². The van der Waals surface area contributed by atoms with Crippen molar-refractivity contribution < 1.29 is 28.2 Å². The minimum atomic E-state index is -1.24. The van der Waals surface area contributed by atoms with Crippen molar-refractivity contribution in [3.05, 3.63) is 58.8 Å². The van der Waals surface area contributed by atoms with E-state index in [0.717, 1.165) is 68.7 Å². The summed E-state index contributed by atoms with van der Waals surface area (Å²) in [5, 5.41) is 15.0. The highest BCUT2D eigenvalue weighted by Gasteiger charge is 2.30. The first-order chi connectivity index (χ1) is 16.4. The van der Waals surface area contributed by atoms with Crippen LogP contribution in [0.1, 0.15) is 53.7 Å². The van der Waals surface area contributed by atoms with E-state index < -0.39 is 35.1 Å². The molecule has 0 spiro atoms. The number of anilines is 1. The highest BCUT2D eigenvalue weighted by molar-refractivity contribution is 5.96. The molecule has 7 nitrogen and oxygen atoms in total. The van der Waals surface area contributed by atoms with E-state index in [-0.39, 0.29) is 19.1 Å². The van der Waals surface area contributed by atoms with Crippen LogP contribution in [0, 0.1) is 17.6 Å². The zero-order chi connectivity index (χ0) is 24.1. The van der Waals surface area contributed by atoms with Gasteiger partial charge in [0, 0.05) is 31.3 Å². The third-order valence-electron chi connectivity index (χ3n) is 6.49. The van der Waals surface area contributed by atoms with E-state index in [0.29, 0.717) is 12.0 Å². The number of nitrogens with one attached hydrogen (secondary N) is 2. The maximum Gasteiger partial charge on any atom is 0.326 e. The number of carbonyl (C=O) groups excluding carboxylic acids is 1. The Labute approximate surface area is 196 Å². The van der Waals surface area contributed by atoms with Crippen LogP contribution in [0.2, 0.25) is 0 Å². The average Bonchev–Trinajstić information content (AvgIpc) is 2.78. The molecule has 4 rings (SSSR count). The summed E-state index contributed by atoms with van der Waals surface area (Å²) in [6.07, 6.45) is 6.11. The van der Waals surface area contributed by atoms with Crippen LogP contribution in [0.5, 0.6) is 0 Å². The molecule has 1 fully saturated rings. The summed E-state index contributed by atoms with van der Waals surface area (Å²) in [6.45, 7) is 1.14. The molecule has 1 saturated carbocycles. The van der Waals surface area contributed by atoms with Crippen LogP contribution in [0.4, 0.5) is 14.6 Å². The number of nitrogens with zero attached hydrogens (tertiary/aromatic N) is 1. The van der Waals surface area contributed by atoms with Crippen LogP contribution < -0.4 is 10.6 Å². The summed E-state index contributed by atoms with van der Waals surface area (Å²) >= 11 is 0. The average molecular weight is 474 g/mol. The number of ether oxygens (including phenoxy) is 1. The largest absolute Gasteiger partial charge is 0.480 e. The number of benzene rings is 1. The minimum absolute atomic E-state index is 0.0527. The van der Waals surface area contributed by atoms with E-state index in [2.05, 4.69) is 22.8 Å². The van der Waals surface area contributed by atoms with Gasteiger partial charge < -0.3 is 20.5 Å². The summed E-state index contributed by atoms with van der Waals surface area (Å²) in [5.74, 6) is -2.43. The highest BCUT2D eigenvalue weighted by Crippen LogP contribution is 2.34. The molecular weight excluding hydrogens is 444 g/mol. The summed E-state index contributed by atoms with van der Waals surface area (Å²) < 4.78 is 32.6. The third kappa shape index (κ3) is 6.08. The van der Waals surface area contributed by atoms with Gasteiger partial charge in [-0.1, -0.05) is 6.07 Å². The number of rotatable bonds is 10. The number of carboxylic acid groups (broad SMARTS) is 1. The maximum absolute atomic E-state index is 13.8. The quantitative estimate of drug-likeness (QED) is 0.486. The Hall–Kier alpha value is -3.07. The fourth-order valence-electron chi connectivity index (χ4n) is 4.43. The minimum Gasteiger partial charge on any atom is -0.480 e. The zero-order valence-corrected chi connectivity index (χ0v) is 18.9. The van der Waals surface area contributed by atoms with Crippen molar-refractivity contribution >= 4 is 17.7 Å². The van der Waals surface area contributed by atoms with Gasteiger partial charge >= 0.3 is 5.97 Å². The normalized spacial score (nSPS) is 19.9. The number of halogens is 2. The number of fused-ring (bicyclic) bond motifs is 1. The van der Waals surface area contributed by atoms with E-state index >= 15 is 0 Å². The fourth-order valence-corrected chi connectivity index (χ4v) is 4.43. The molecule has 1 aliphatic carbocycles. The lowest BCUT2D eigenvalue weighted by molar-refractivity contribution is -0.140. The molecule has 1 aliphatic heterocycles. The molecule has 182 valence electrons. The summed E-state index contributed by atoms with van der Waals surface area (Å²) in [6, 6.07) is 5.56. The van der Waals surface area contributed by atoms with Crippen molar-refractivity contribution in [1.29, 1.82) is 0 Å². The highest BCUT2D eigenvalue weighted by atomic mass is 19.1. The number of carbonyl (C=O) groups is 2. The molecule has 3 N–H and O–H groups in total. The van der Waals surface area contributed by atoms with Crippen molar-refractivity contribution in [2.75, 3.05) is 18.5 Å². The van der Waals surface area contributed by atoms with Gasteiger partial charge in [-0.05, 0) is 68.2 Å². The van der Waals surface area contributed by atoms with Crippen LogP contribution in [-0.4, -0.2) is 47.3 Å². The number of hydrogen-bond donors (Lipinski definition) is 3. The Morgan fingerprint density at radius 2 is 2.06 bits per heavy atom. The zero-order valence-electron chi connectivity index (χ0n) is 18.9. The molecule has 2 aromatic rings. The summed E-state index contributed by atoms with van der Waals surface area (Å²) in [5.41, 5.74) is 1.97. The van der Waals surface area contributed by atoms with Crippen molar-refractivity contribution in [1.82, 2.24) is 10.3 Å². The Kier molecular flexibility index (Phi) is 7.72. The lowest BCUT2D eigenvalue weighted by Gasteiger charge is -2.35. The Morgan fingerprint density at radius 3 is 2.82 bits per heavy atom. The maximum atomic E-state index is 13.8. The predicted octanol–water partition coefficient (Wildman–Crippen LogP) is 3.72. The topological polar surface area (TPSA) is 101 Å². The van der Waals surface area contributed by atoms with E-state index in [1.807, 2.05) is 0 Å². The second-order valence-corrected chi connectivity index (χ2v) is 8.99.